The van der Waals surface area contributed by atoms with E-state index in [2.05, 4.69) is 15.5 Å². The molecule has 0 radical (unpaired) electrons. The molecule has 1 atom stereocenters. The van der Waals surface area contributed by atoms with E-state index in [0.717, 1.165) is 11.3 Å². The number of amides is 1. The number of carbonyl (C=O) groups is 1. The van der Waals surface area contributed by atoms with Crippen molar-refractivity contribution in [3.8, 4) is 23.0 Å². The summed E-state index contributed by atoms with van der Waals surface area (Å²) in [6.45, 7) is 0.233. The number of nitrogens with zero attached hydrogens (tertiary/aromatic N) is 3. The van der Waals surface area contributed by atoms with Crippen LogP contribution in [0.2, 0.25) is 4.34 Å². The van der Waals surface area contributed by atoms with E-state index in [0.29, 0.717) is 34.2 Å². The van der Waals surface area contributed by atoms with Crippen molar-refractivity contribution in [2.24, 2.45) is 0 Å². The highest BCUT2D eigenvalue weighted by atomic mass is 35.5. The lowest BCUT2D eigenvalue weighted by atomic mass is 10.2. The number of thiophene rings is 1. The van der Waals surface area contributed by atoms with Crippen molar-refractivity contribution in [2.45, 2.75) is 23.1 Å². The van der Waals surface area contributed by atoms with Crippen LogP contribution < -0.4 is 14.8 Å². The number of hydrogen-bond acceptors (Lipinski definition) is 9. The standard InChI is InChI=1S/C19H19ClN4O6S2/c1-28-13-6-5-11(10-14(13)29-2)18-22-23-19(30-18)21-17(25)12-4-3-9-24(12)32(26,27)16-8-7-15(20)31-16/h5-8,10,12H,3-4,9H2,1-2H3,(H,21,23,25). The minimum Gasteiger partial charge on any atom is -0.493 e. The van der Waals surface area contributed by atoms with E-state index in [4.69, 9.17) is 25.5 Å². The van der Waals surface area contributed by atoms with Gasteiger partial charge in [-0.2, -0.15) is 4.31 Å². The van der Waals surface area contributed by atoms with Gasteiger partial charge in [0.1, 0.15) is 10.3 Å². The molecule has 1 aliphatic rings. The molecule has 0 bridgehead atoms. The molecular formula is C19H19ClN4O6S2. The Morgan fingerprint density at radius 2 is 2.00 bits per heavy atom. The number of halogens is 1. The van der Waals surface area contributed by atoms with Gasteiger partial charge in [-0.1, -0.05) is 16.7 Å². The van der Waals surface area contributed by atoms with Crippen LogP contribution in [0.3, 0.4) is 0 Å². The fraction of sp³-hybridized carbons (Fsp3) is 0.316. The van der Waals surface area contributed by atoms with Crippen LogP contribution in [0.4, 0.5) is 6.01 Å². The Balaban J connectivity index is 1.50. The zero-order chi connectivity index (χ0) is 22.9. The number of ether oxygens (including phenoxy) is 2. The SMILES string of the molecule is COc1ccc(-c2nnc(NC(=O)C3CCCN3S(=O)(=O)c3ccc(Cl)s3)o2)cc1OC. The summed E-state index contributed by atoms with van der Waals surface area (Å²) in [5.41, 5.74) is 0.565. The number of sulfonamides is 1. The predicted molar refractivity (Wildman–Crippen MR) is 118 cm³/mol. The molecule has 1 aromatic carbocycles. The molecular weight excluding hydrogens is 480 g/mol. The molecule has 170 valence electrons. The summed E-state index contributed by atoms with van der Waals surface area (Å²) in [5, 5.41) is 10.3. The Kier molecular flexibility index (Phi) is 6.38. The molecule has 32 heavy (non-hydrogen) atoms. The lowest BCUT2D eigenvalue weighted by Crippen LogP contribution is -2.42. The highest BCUT2D eigenvalue weighted by molar-refractivity contribution is 7.91. The molecule has 1 saturated heterocycles. The zero-order valence-electron chi connectivity index (χ0n) is 17.1. The maximum absolute atomic E-state index is 12.9. The molecule has 0 spiro atoms. The first-order valence-electron chi connectivity index (χ1n) is 9.47. The summed E-state index contributed by atoms with van der Waals surface area (Å²) in [6.07, 6.45) is 0.929. The molecule has 1 unspecified atom stereocenters. The highest BCUT2D eigenvalue weighted by Gasteiger charge is 2.40. The van der Waals surface area contributed by atoms with Gasteiger partial charge < -0.3 is 13.9 Å². The molecule has 2 aromatic heterocycles. The van der Waals surface area contributed by atoms with Crippen molar-refractivity contribution in [1.29, 1.82) is 0 Å². The second-order valence-electron chi connectivity index (χ2n) is 6.80. The van der Waals surface area contributed by atoms with E-state index in [1.807, 2.05) is 0 Å². The van der Waals surface area contributed by atoms with Crippen molar-refractivity contribution in [2.75, 3.05) is 26.1 Å². The predicted octanol–water partition coefficient (Wildman–Crippen LogP) is 3.26. The number of carbonyl (C=O) groups excluding carboxylic acids is 1. The van der Waals surface area contributed by atoms with Crippen molar-refractivity contribution >= 4 is 44.9 Å². The van der Waals surface area contributed by atoms with E-state index in [1.54, 1.807) is 18.2 Å². The van der Waals surface area contributed by atoms with Gasteiger partial charge in [0, 0.05) is 12.1 Å². The van der Waals surface area contributed by atoms with E-state index in [9.17, 15) is 13.2 Å². The van der Waals surface area contributed by atoms with Crippen LogP contribution in [0.15, 0.2) is 39.0 Å². The molecule has 1 N–H and O–H groups in total. The minimum absolute atomic E-state index is 0.0933. The number of benzene rings is 1. The van der Waals surface area contributed by atoms with Crippen molar-refractivity contribution < 1.29 is 27.1 Å². The molecule has 3 aromatic rings. The number of methoxy groups -OCH3 is 2. The maximum atomic E-state index is 12.9. The number of rotatable bonds is 7. The Hall–Kier alpha value is -2.67. The van der Waals surface area contributed by atoms with Gasteiger partial charge in [-0.15, -0.1) is 16.4 Å². The summed E-state index contributed by atoms with van der Waals surface area (Å²) in [4.78, 5) is 12.8. The fourth-order valence-corrected chi connectivity index (χ4v) is 6.66. The van der Waals surface area contributed by atoms with Crippen molar-refractivity contribution in [3.63, 3.8) is 0 Å². The van der Waals surface area contributed by atoms with Gasteiger partial charge in [-0.3, -0.25) is 10.1 Å². The van der Waals surface area contributed by atoms with Gasteiger partial charge >= 0.3 is 6.01 Å². The molecule has 13 heteroatoms. The Morgan fingerprint density at radius 3 is 2.69 bits per heavy atom. The quantitative estimate of drug-likeness (QED) is 0.526. The number of nitrogens with one attached hydrogen (secondary N) is 1. The summed E-state index contributed by atoms with van der Waals surface area (Å²) >= 11 is 6.83. The van der Waals surface area contributed by atoms with E-state index in [1.165, 1.54) is 30.7 Å². The van der Waals surface area contributed by atoms with Gasteiger partial charge in [0.05, 0.1) is 18.6 Å². The summed E-state index contributed by atoms with van der Waals surface area (Å²) in [6, 6.07) is 6.98. The van der Waals surface area contributed by atoms with Gasteiger partial charge in [0.15, 0.2) is 11.5 Å². The molecule has 1 fully saturated rings. The minimum atomic E-state index is -3.84. The van der Waals surface area contributed by atoms with Crippen LogP contribution in [0.5, 0.6) is 11.5 Å². The van der Waals surface area contributed by atoms with Crippen LogP contribution in [0.25, 0.3) is 11.5 Å². The second-order valence-corrected chi connectivity index (χ2v) is 10.6. The smallest absolute Gasteiger partial charge is 0.322 e. The first-order valence-corrected chi connectivity index (χ1v) is 12.1. The first kappa shape index (κ1) is 22.5. The topological polar surface area (TPSA) is 124 Å². The lowest BCUT2D eigenvalue weighted by Gasteiger charge is -2.21. The van der Waals surface area contributed by atoms with E-state index >= 15 is 0 Å². The number of hydrogen-bond donors (Lipinski definition) is 1. The Bertz CT molecular complexity index is 1240. The first-order chi connectivity index (χ1) is 15.3. The van der Waals surface area contributed by atoms with Crippen LogP contribution in [0.1, 0.15) is 12.8 Å². The third-order valence-corrected chi connectivity index (χ3v) is 8.51. The van der Waals surface area contributed by atoms with Crippen LogP contribution in [-0.4, -0.2) is 55.6 Å². The van der Waals surface area contributed by atoms with Crippen molar-refractivity contribution in [3.05, 3.63) is 34.7 Å². The van der Waals surface area contributed by atoms with Crippen LogP contribution in [-0.2, 0) is 14.8 Å². The third kappa shape index (κ3) is 4.31. The number of aromatic nitrogens is 2. The Morgan fingerprint density at radius 1 is 1.22 bits per heavy atom. The van der Waals surface area contributed by atoms with Crippen molar-refractivity contribution in [1.82, 2.24) is 14.5 Å². The fourth-order valence-electron chi connectivity index (χ4n) is 3.39. The molecule has 1 aliphatic heterocycles. The van der Waals surface area contributed by atoms with Gasteiger partial charge in [-0.05, 0) is 43.2 Å². The normalized spacial score (nSPS) is 16.8. The maximum Gasteiger partial charge on any atom is 0.322 e. The molecule has 0 aliphatic carbocycles. The number of anilines is 1. The monoisotopic (exact) mass is 498 g/mol. The molecule has 1 amide bonds. The Labute approximate surface area is 193 Å². The van der Waals surface area contributed by atoms with Crippen LogP contribution >= 0.6 is 22.9 Å². The molecule has 0 saturated carbocycles. The molecule has 3 heterocycles. The van der Waals surface area contributed by atoms with Gasteiger partial charge in [0.2, 0.25) is 11.8 Å². The van der Waals surface area contributed by atoms with E-state index in [-0.39, 0.29) is 22.7 Å². The lowest BCUT2D eigenvalue weighted by molar-refractivity contribution is -0.119. The average molecular weight is 499 g/mol. The van der Waals surface area contributed by atoms with E-state index < -0.39 is 22.0 Å². The third-order valence-electron chi connectivity index (χ3n) is 4.90. The second kappa shape index (κ2) is 9.06. The van der Waals surface area contributed by atoms with Gasteiger partial charge in [-0.25, -0.2) is 8.42 Å². The highest BCUT2D eigenvalue weighted by Crippen LogP contribution is 2.34. The average Bonchev–Trinajstić information content (AvgIpc) is 3.54. The summed E-state index contributed by atoms with van der Waals surface area (Å²) in [7, 11) is -0.810. The summed E-state index contributed by atoms with van der Waals surface area (Å²) in [5.74, 6) is 0.634. The molecule has 10 nitrogen and oxygen atoms in total. The van der Waals surface area contributed by atoms with Crippen LogP contribution in [0, 0.1) is 0 Å². The summed E-state index contributed by atoms with van der Waals surface area (Å²) < 4.78 is 43.5. The molecule has 4 rings (SSSR count). The zero-order valence-corrected chi connectivity index (χ0v) is 19.5. The largest absolute Gasteiger partial charge is 0.493 e. The van der Waals surface area contributed by atoms with Gasteiger partial charge in [0.25, 0.3) is 10.0 Å².